The molecule has 0 aliphatic carbocycles. The van der Waals surface area contributed by atoms with Gasteiger partial charge in [-0.05, 0) is 24.6 Å². The van der Waals surface area contributed by atoms with Crippen LogP contribution in [0.1, 0.15) is 19.8 Å². The molecule has 4 heteroatoms. The van der Waals surface area contributed by atoms with Crippen molar-refractivity contribution in [2.75, 3.05) is 19.4 Å². The fourth-order valence-corrected chi connectivity index (χ4v) is 2.07. The maximum atomic E-state index is 11.5. The van der Waals surface area contributed by atoms with Crippen molar-refractivity contribution in [3.8, 4) is 5.75 Å². The second-order valence-electron chi connectivity index (χ2n) is 3.67. The Labute approximate surface area is 107 Å². The summed E-state index contributed by atoms with van der Waals surface area (Å²) < 4.78 is 5.13. The van der Waals surface area contributed by atoms with Crippen molar-refractivity contribution >= 4 is 17.7 Å². The van der Waals surface area contributed by atoms with Crippen molar-refractivity contribution in [3.05, 3.63) is 24.3 Å². The van der Waals surface area contributed by atoms with E-state index < -0.39 is 0 Å². The lowest BCUT2D eigenvalue weighted by Gasteiger charge is -2.05. The highest BCUT2D eigenvalue weighted by Crippen LogP contribution is 2.22. The fraction of sp³-hybridized carbons (Fsp3) is 0.462. The summed E-state index contributed by atoms with van der Waals surface area (Å²) in [5.74, 6) is 1.37. The fourth-order valence-electron chi connectivity index (χ4n) is 1.30. The molecule has 0 radical (unpaired) electrons. The van der Waals surface area contributed by atoms with Crippen molar-refractivity contribution in [1.29, 1.82) is 0 Å². The number of carbonyl (C=O) groups excluding carboxylic acids is 1. The predicted molar refractivity (Wildman–Crippen MR) is 71.6 cm³/mol. The topological polar surface area (TPSA) is 38.3 Å². The number of carbonyl (C=O) groups is 1. The molecule has 0 bridgehead atoms. The molecule has 0 aliphatic heterocycles. The second-order valence-corrected chi connectivity index (χ2v) is 4.72. The lowest BCUT2D eigenvalue weighted by atomic mass is 10.3. The summed E-state index contributed by atoms with van der Waals surface area (Å²) in [5.41, 5.74) is 0. The average molecular weight is 253 g/mol. The van der Waals surface area contributed by atoms with E-state index in [1.54, 1.807) is 7.11 Å². The van der Waals surface area contributed by atoms with Gasteiger partial charge in [-0.2, -0.15) is 0 Å². The van der Waals surface area contributed by atoms with E-state index in [1.165, 1.54) is 11.8 Å². The van der Waals surface area contributed by atoms with Crippen LogP contribution in [0.15, 0.2) is 29.2 Å². The van der Waals surface area contributed by atoms with Crippen molar-refractivity contribution in [2.45, 2.75) is 24.7 Å². The summed E-state index contributed by atoms with van der Waals surface area (Å²) in [7, 11) is 1.64. The Morgan fingerprint density at radius 2 is 2.29 bits per heavy atom. The summed E-state index contributed by atoms with van der Waals surface area (Å²) in [5, 5.41) is 2.89. The first-order valence-electron chi connectivity index (χ1n) is 5.79. The monoisotopic (exact) mass is 253 g/mol. The van der Waals surface area contributed by atoms with Crippen LogP contribution < -0.4 is 10.1 Å². The highest BCUT2D eigenvalue weighted by Gasteiger charge is 2.02. The molecule has 3 nitrogen and oxygen atoms in total. The number of thioether (sulfide) groups is 1. The van der Waals surface area contributed by atoms with Crippen LogP contribution >= 0.6 is 11.8 Å². The SMILES string of the molecule is CCCCNC(=O)CSc1cccc(OC)c1. The van der Waals surface area contributed by atoms with Crippen LogP contribution in [0.4, 0.5) is 0 Å². The number of nitrogens with one attached hydrogen (secondary N) is 1. The number of hydrogen-bond acceptors (Lipinski definition) is 3. The Balaban J connectivity index is 2.31. The first-order valence-corrected chi connectivity index (χ1v) is 6.78. The number of ether oxygens (including phenoxy) is 1. The van der Waals surface area contributed by atoms with Gasteiger partial charge in [0.2, 0.25) is 5.91 Å². The number of amides is 1. The standard InChI is InChI=1S/C13H19NO2S/c1-3-4-8-14-13(15)10-17-12-7-5-6-11(9-12)16-2/h5-7,9H,3-4,8,10H2,1-2H3,(H,14,15). The molecule has 1 aromatic carbocycles. The molecule has 1 N–H and O–H groups in total. The van der Waals surface area contributed by atoms with Gasteiger partial charge >= 0.3 is 0 Å². The third-order valence-electron chi connectivity index (χ3n) is 2.26. The zero-order chi connectivity index (χ0) is 12.5. The van der Waals surface area contributed by atoms with Gasteiger partial charge in [0, 0.05) is 11.4 Å². The summed E-state index contributed by atoms with van der Waals surface area (Å²) in [6.45, 7) is 2.88. The quantitative estimate of drug-likeness (QED) is 0.600. The van der Waals surface area contributed by atoms with Crippen LogP contribution in [-0.4, -0.2) is 25.3 Å². The molecule has 0 spiro atoms. The molecule has 0 fully saturated rings. The highest BCUT2D eigenvalue weighted by atomic mass is 32.2. The van der Waals surface area contributed by atoms with E-state index in [1.807, 2.05) is 24.3 Å². The highest BCUT2D eigenvalue weighted by molar-refractivity contribution is 8.00. The smallest absolute Gasteiger partial charge is 0.230 e. The van der Waals surface area contributed by atoms with E-state index in [0.717, 1.165) is 30.0 Å². The Hall–Kier alpha value is -1.16. The van der Waals surface area contributed by atoms with Crippen LogP contribution in [0.3, 0.4) is 0 Å². The molecular weight excluding hydrogens is 234 g/mol. The molecule has 1 aromatic rings. The Morgan fingerprint density at radius 3 is 3.00 bits per heavy atom. The zero-order valence-electron chi connectivity index (χ0n) is 10.4. The third kappa shape index (κ3) is 5.63. The number of hydrogen-bond donors (Lipinski definition) is 1. The second kappa shape index (κ2) is 8.01. The van der Waals surface area contributed by atoms with Crippen molar-refractivity contribution in [3.63, 3.8) is 0 Å². The van der Waals surface area contributed by atoms with Gasteiger partial charge in [-0.25, -0.2) is 0 Å². The number of rotatable bonds is 7. The Morgan fingerprint density at radius 1 is 1.47 bits per heavy atom. The van der Waals surface area contributed by atoms with Gasteiger partial charge in [0.1, 0.15) is 5.75 Å². The van der Waals surface area contributed by atoms with Gasteiger partial charge in [0.05, 0.1) is 12.9 Å². The lowest BCUT2D eigenvalue weighted by molar-refractivity contribution is -0.118. The third-order valence-corrected chi connectivity index (χ3v) is 3.26. The van der Waals surface area contributed by atoms with Gasteiger partial charge in [0.25, 0.3) is 0 Å². The molecule has 0 saturated carbocycles. The Kier molecular flexibility index (Phi) is 6.55. The molecule has 0 aromatic heterocycles. The largest absolute Gasteiger partial charge is 0.497 e. The van der Waals surface area contributed by atoms with Crippen molar-refractivity contribution in [2.24, 2.45) is 0 Å². The van der Waals surface area contributed by atoms with Crippen molar-refractivity contribution < 1.29 is 9.53 Å². The molecule has 94 valence electrons. The molecule has 0 heterocycles. The predicted octanol–water partition coefficient (Wildman–Crippen LogP) is 2.70. The van der Waals surface area contributed by atoms with Gasteiger partial charge in [-0.15, -0.1) is 11.8 Å². The van der Waals surface area contributed by atoms with Crippen molar-refractivity contribution in [1.82, 2.24) is 5.32 Å². The van der Waals surface area contributed by atoms with Gasteiger partial charge in [0.15, 0.2) is 0 Å². The van der Waals surface area contributed by atoms with E-state index in [4.69, 9.17) is 4.74 Å². The van der Waals surface area contributed by atoms with Crippen LogP contribution in [0.25, 0.3) is 0 Å². The van der Waals surface area contributed by atoms with Gasteiger partial charge < -0.3 is 10.1 Å². The number of methoxy groups -OCH3 is 1. The van der Waals surface area contributed by atoms with Crippen LogP contribution in [0, 0.1) is 0 Å². The van der Waals surface area contributed by atoms with Gasteiger partial charge in [-0.3, -0.25) is 4.79 Å². The first-order chi connectivity index (χ1) is 8.26. The van der Waals surface area contributed by atoms with Crippen LogP contribution in [0.2, 0.25) is 0 Å². The average Bonchev–Trinajstić information content (AvgIpc) is 2.37. The van der Waals surface area contributed by atoms with Gasteiger partial charge in [-0.1, -0.05) is 19.4 Å². The summed E-state index contributed by atoms with van der Waals surface area (Å²) in [4.78, 5) is 12.5. The van der Waals surface area contributed by atoms with Crippen LogP contribution in [0.5, 0.6) is 5.75 Å². The molecule has 1 rings (SSSR count). The maximum Gasteiger partial charge on any atom is 0.230 e. The molecule has 0 unspecified atom stereocenters. The molecule has 0 aliphatic rings. The number of benzene rings is 1. The summed E-state index contributed by atoms with van der Waals surface area (Å²) >= 11 is 1.52. The van der Waals surface area contributed by atoms with E-state index in [-0.39, 0.29) is 5.91 Å². The minimum absolute atomic E-state index is 0.0891. The molecule has 0 saturated heterocycles. The lowest BCUT2D eigenvalue weighted by Crippen LogP contribution is -2.25. The summed E-state index contributed by atoms with van der Waals surface area (Å²) in [6.07, 6.45) is 2.14. The molecular formula is C13H19NO2S. The van der Waals surface area contributed by atoms with E-state index in [2.05, 4.69) is 12.2 Å². The minimum Gasteiger partial charge on any atom is -0.497 e. The molecule has 0 atom stereocenters. The maximum absolute atomic E-state index is 11.5. The van der Waals surface area contributed by atoms with E-state index >= 15 is 0 Å². The normalized spacial score (nSPS) is 10.0. The first kappa shape index (κ1) is 13.9. The summed E-state index contributed by atoms with van der Waals surface area (Å²) in [6, 6.07) is 7.73. The molecule has 1 amide bonds. The molecule has 17 heavy (non-hydrogen) atoms. The Bertz CT molecular complexity index is 355. The number of unbranched alkanes of at least 4 members (excludes halogenated alkanes) is 1. The minimum atomic E-state index is 0.0891. The van der Waals surface area contributed by atoms with Crippen LogP contribution in [-0.2, 0) is 4.79 Å². The van der Waals surface area contributed by atoms with E-state index in [9.17, 15) is 4.79 Å². The zero-order valence-corrected chi connectivity index (χ0v) is 11.2. The van der Waals surface area contributed by atoms with E-state index in [0.29, 0.717) is 5.75 Å².